The van der Waals surface area contributed by atoms with Gasteiger partial charge in [-0.1, -0.05) is 12.2 Å². The van der Waals surface area contributed by atoms with Crippen molar-refractivity contribution in [3.05, 3.63) is 22.2 Å². The molecule has 4 heteroatoms. The van der Waals surface area contributed by atoms with E-state index in [2.05, 4.69) is 16.2 Å². The number of nitrogens with zero attached hydrogens (tertiary/aromatic N) is 1. The molecule has 70 valence electrons. The fourth-order valence-electron chi connectivity index (χ4n) is 1.35. The summed E-state index contributed by atoms with van der Waals surface area (Å²) in [5, 5.41) is 0. The molecule has 0 amide bonds. The average Bonchev–Trinajstić information content (AvgIpc) is 2.85. The number of hydrogen-bond donors (Lipinski definition) is 1. The summed E-state index contributed by atoms with van der Waals surface area (Å²) in [5.74, 6) is 2.66. The molecule has 1 fully saturated rings. The second kappa shape index (κ2) is 3.80. The van der Waals surface area contributed by atoms with Crippen LogP contribution >= 0.6 is 24.0 Å². The molecule has 0 bridgehead atoms. The first-order chi connectivity index (χ1) is 6.29. The Morgan fingerprint density at radius 3 is 3.08 bits per heavy atom. The molecular formula is C9H12N2S2. The van der Waals surface area contributed by atoms with Crippen LogP contribution in [-0.4, -0.2) is 16.2 Å². The van der Waals surface area contributed by atoms with Gasteiger partial charge in [0.2, 0.25) is 0 Å². The largest absolute Gasteiger partial charge is 0.346 e. The van der Waals surface area contributed by atoms with E-state index in [1.165, 1.54) is 18.5 Å². The monoisotopic (exact) mass is 212 g/mol. The van der Waals surface area contributed by atoms with Gasteiger partial charge in [-0.3, -0.25) is 0 Å². The van der Waals surface area contributed by atoms with Crippen LogP contribution in [-0.2, 0) is 5.75 Å². The van der Waals surface area contributed by atoms with E-state index in [1.54, 1.807) is 11.8 Å². The second-order valence-corrected chi connectivity index (χ2v) is 4.61. The fraction of sp³-hybridized carbons (Fsp3) is 0.556. The van der Waals surface area contributed by atoms with Gasteiger partial charge in [0.05, 0.1) is 5.75 Å². The zero-order valence-corrected chi connectivity index (χ0v) is 9.17. The van der Waals surface area contributed by atoms with Gasteiger partial charge < -0.3 is 4.98 Å². The SMILES string of the molecule is CSCc1nc(=S)cc(C2CC2)[nH]1. The van der Waals surface area contributed by atoms with Crippen LogP contribution in [0.4, 0.5) is 0 Å². The molecule has 1 aromatic heterocycles. The van der Waals surface area contributed by atoms with Crippen LogP contribution in [0, 0.1) is 4.64 Å². The predicted molar refractivity (Wildman–Crippen MR) is 58.6 cm³/mol. The second-order valence-electron chi connectivity index (χ2n) is 3.33. The van der Waals surface area contributed by atoms with Gasteiger partial charge in [0, 0.05) is 5.69 Å². The number of H-pyrrole nitrogens is 1. The van der Waals surface area contributed by atoms with E-state index in [0.717, 1.165) is 22.1 Å². The molecule has 1 aliphatic carbocycles. The lowest BCUT2D eigenvalue weighted by Gasteiger charge is -2.02. The summed E-state index contributed by atoms with van der Waals surface area (Å²) < 4.78 is 0.727. The lowest BCUT2D eigenvalue weighted by Crippen LogP contribution is -1.97. The highest BCUT2D eigenvalue weighted by Crippen LogP contribution is 2.38. The predicted octanol–water partition coefficient (Wildman–Crippen LogP) is 2.88. The Balaban J connectivity index is 2.30. The molecule has 0 aromatic carbocycles. The molecule has 1 N–H and O–H groups in total. The fourth-order valence-corrected chi connectivity index (χ4v) is 2.00. The van der Waals surface area contributed by atoms with Crippen molar-refractivity contribution in [1.29, 1.82) is 0 Å². The number of thioether (sulfide) groups is 1. The number of rotatable bonds is 3. The Kier molecular flexibility index (Phi) is 2.69. The standard InChI is InChI=1S/C9H12N2S2/c1-13-5-8-10-7(6-2-3-6)4-9(12)11-8/h4,6H,2-3,5H2,1H3,(H,10,11,12). The van der Waals surface area contributed by atoms with E-state index in [-0.39, 0.29) is 0 Å². The molecule has 1 saturated carbocycles. The van der Waals surface area contributed by atoms with Crippen LogP contribution in [0.15, 0.2) is 6.07 Å². The summed E-state index contributed by atoms with van der Waals surface area (Å²) in [5.41, 5.74) is 1.28. The van der Waals surface area contributed by atoms with Crippen LogP contribution in [0.5, 0.6) is 0 Å². The molecule has 2 rings (SSSR count). The average molecular weight is 212 g/mol. The maximum Gasteiger partial charge on any atom is 0.130 e. The molecular weight excluding hydrogens is 200 g/mol. The molecule has 0 saturated heterocycles. The summed E-state index contributed by atoms with van der Waals surface area (Å²) in [6.07, 6.45) is 4.67. The van der Waals surface area contributed by atoms with E-state index in [4.69, 9.17) is 12.2 Å². The van der Waals surface area contributed by atoms with Crippen molar-refractivity contribution >= 4 is 24.0 Å². The van der Waals surface area contributed by atoms with Gasteiger partial charge in [-0.25, -0.2) is 4.98 Å². The van der Waals surface area contributed by atoms with Crippen LogP contribution < -0.4 is 0 Å². The summed E-state index contributed by atoms with van der Waals surface area (Å²) in [6.45, 7) is 0. The topological polar surface area (TPSA) is 28.7 Å². The first kappa shape index (κ1) is 9.21. The van der Waals surface area contributed by atoms with Crippen molar-refractivity contribution < 1.29 is 0 Å². The maximum absolute atomic E-state index is 5.11. The summed E-state index contributed by atoms with van der Waals surface area (Å²) in [6, 6.07) is 2.00. The highest BCUT2D eigenvalue weighted by atomic mass is 32.2. The van der Waals surface area contributed by atoms with Crippen molar-refractivity contribution in [2.24, 2.45) is 0 Å². The maximum atomic E-state index is 5.11. The normalized spacial score (nSPS) is 16.1. The third kappa shape index (κ3) is 2.31. The zero-order valence-electron chi connectivity index (χ0n) is 7.54. The molecule has 13 heavy (non-hydrogen) atoms. The Labute approximate surface area is 87.2 Å². The van der Waals surface area contributed by atoms with Crippen molar-refractivity contribution in [3.8, 4) is 0 Å². The van der Waals surface area contributed by atoms with E-state index in [0.29, 0.717) is 0 Å². The van der Waals surface area contributed by atoms with Gasteiger partial charge in [-0.05, 0) is 31.1 Å². The first-order valence-corrected chi connectivity index (χ1v) is 6.19. The minimum atomic E-state index is 0.727. The number of hydrogen-bond acceptors (Lipinski definition) is 3. The minimum absolute atomic E-state index is 0.727. The Morgan fingerprint density at radius 1 is 1.69 bits per heavy atom. The molecule has 1 heterocycles. The Hall–Kier alpha value is -0.350. The van der Waals surface area contributed by atoms with Gasteiger partial charge in [-0.15, -0.1) is 0 Å². The van der Waals surface area contributed by atoms with E-state index in [1.807, 2.05) is 6.07 Å². The van der Waals surface area contributed by atoms with Gasteiger partial charge in [0.15, 0.2) is 0 Å². The van der Waals surface area contributed by atoms with Crippen LogP contribution in [0.25, 0.3) is 0 Å². The van der Waals surface area contributed by atoms with Gasteiger partial charge in [0.25, 0.3) is 0 Å². The molecule has 1 aliphatic rings. The van der Waals surface area contributed by atoms with Crippen LogP contribution in [0.2, 0.25) is 0 Å². The molecule has 0 atom stereocenters. The highest BCUT2D eigenvalue weighted by Gasteiger charge is 2.24. The number of nitrogens with one attached hydrogen (secondary N) is 1. The van der Waals surface area contributed by atoms with Gasteiger partial charge >= 0.3 is 0 Å². The number of aromatic nitrogens is 2. The van der Waals surface area contributed by atoms with Crippen molar-refractivity contribution in [3.63, 3.8) is 0 Å². The summed E-state index contributed by atoms with van der Waals surface area (Å²) in [4.78, 5) is 7.62. The molecule has 1 aromatic rings. The quantitative estimate of drug-likeness (QED) is 0.781. The summed E-state index contributed by atoms with van der Waals surface area (Å²) in [7, 11) is 0. The Bertz CT molecular complexity index is 355. The van der Waals surface area contributed by atoms with Crippen molar-refractivity contribution in [2.75, 3.05) is 6.26 Å². The van der Waals surface area contributed by atoms with Gasteiger partial charge in [-0.2, -0.15) is 11.8 Å². The molecule has 0 unspecified atom stereocenters. The minimum Gasteiger partial charge on any atom is -0.346 e. The lowest BCUT2D eigenvalue weighted by molar-refractivity contribution is 0.925. The molecule has 0 radical (unpaired) electrons. The lowest BCUT2D eigenvalue weighted by atomic mass is 10.3. The third-order valence-corrected chi connectivity index (χ3v) is 2.88. The van der Waals surface area contributed by atoms with Crippen molar-refractivity contribution in [1.82, 2.24) is 9.97 Å². The van der Waals surface area contributed by atoms with Crippen LogP contribution in [0.1, 0.15) is 30.3 Å². The first-order valence-electron chi connectivity index (χ1n) is 4.38. The Morgan fingerprint density at radius 2 is 2.46 bits per heavy atom. The zero-order chi connectivity index (χ0) is 9.26. The molecule has 0 aliphatic heterocycles. The van der Waals surface area contributed by atoms with E-state index in [9.17, 15) is 0 Å². The van der Waals surface area contributed by atoms with Gasteiger partial charge in [0.1, 0.15) is 10.5 Å². The smallest absolute Gasteiger partial charge is 0.130 e. The van der Waals surface area contributed by atoms with Crippen LogP contribution in [0.3, 0.4) is 0 Å². The van der Waals surface area contributed by atoms with E-state index < -0.39 is 0 Å². The summed E-state index contributed by atoms with van der Waals surface area (Å²) >= 11 is 6.87. The van der Waals surface area contributed by atoms with E-state index >= 15 is 0 Å². The molecule has 0 spiro atoms. The third-order valence-electron chi connectivity index (χ3n) is 2.11. The highest BCUT2D eigenvalue weighted by molar-refractivity contribution is 7.97. The van der Waals surface area contributed by atoms with Crippen molar-refractivity contribution in [2.45, 2.75) is 24.5 Å². The number of aromatic amines is 1. The molecule has 2 nitrogen and oxygen atoms in total.